The number of ketones is 1. The van der Waals surface area contributed by atoms with Crippen molar-refractivity contribution in [2.45, 2.75) is 26.2 Å². The van der Waals surface area contributed by atoms with Crippen LogP contribution in [0.25, 0.3) is 0 Å². The highest BCUT2D eigenvalue weighted by molar-refractivity contribution is 6.39. The molecule has 0 aromatic carbocycles. The topological polar surface area (TPSA) is 65.0 Å². The minimum absolute atomic E-state index is 0.0112. The molecule has 5 heteroatoms. The van der Waals surface area contributed by atoms with Gasteiger partial charge in [-0.1, -0.05) is 5.16 Å². The number of carbonyl (C=O) groups is 2. The Morgan fingerprint density at radius 2 is 2.07 bits per heavy atom. The average Bonchev–Trinajstić information content (AvgIpc) is 3.00. The molecule has 0 aromatic heterocycles. The molecule has 0 radical (unpaired) electrons. The largest absolute Gasteiger partial charge is 0.461 e. The third-order valence-corrected chi connectivity index (χ3v) is 2.09. The van der Waals surface area contributed by atoms with E-state index in [9.17, 15) is 9.59 Å². The summed E-state index contributed by atoms with van der Waals surface area (Å²) < 4.78 is 4.76. The lowest BCUT2D eigenvalue weighted by Crippen LogP contribution is -2.22. The van der Waals surface area contributed by atoms with Gasteiger partial charge in [0.2, 0.25) is 0 Å². The number of oxime groups is 1. The van der Waals surface area contributed by atoms with E-state index in [-0.39, 0.29) is 30.4 Å². The van der Waals surface area contributed by atoms with E-state index in [0.717, 1.165) is 12.8 Å². The SMILES string of the molecule is CCOC(=O)C(CC(=O)C1CC1)=NOC. The van der Waals surface area contributed by atoms with Crippen LogP contribution in [0.5, 0.6) is 0 Å². The van der Waals surface area contributed by atoms with Gasteiger partial charge in [0.1, 0.15) is 12.9 Å². The fourth-order valence-corrected chi connectivity index (χ4v) is 1.18. The average molecular weight is 213 g/mol. The molecule has 0 N–H and O–H groups in total. The Morgan fingerprint density at radius 1 is 1.40 bits per heavy atom. The summed E-state index contributed by atoms with van der Waals surface area (Å²) in [5.74, 6) is -0.423. The van der Waals surface area contributed by atoms with Gasteiger partial charge in [0.15, 0.2) is 5.71 Å². The third kappa shape index (κ3) is 3.69. The molecule has 1 saturated carbocycles. The number of hydrogen-bond acceptors (Lipinski definition) is 5. The van der Waals surface area contributed by atoms with Crippen molar-refractivity contribution in [3.8, 4) is 0 Å². The first kappa shape index (κ1) is 11.7. The van der Waals surface area contributed by atoms with Crippen molar-refractivity contribution >= 4 is 17.5 Å². The van der Waals surface area contributed by atoms with Gasteiger partial charge in [-0.2, -0.15) is 0 Å². The molecule has 15 heavy (non-hydrogen) atoms. The van der Waals surface area contributed by atoms with E-state index in [0.29, 0.717) is 0 Å². The van der Waals surface area contributed by atoms with Crippen LogP contribution in [0.15, 0.2) is 5.16 Å². The normalized spacial score (nSPS) is 16.0. The summed E-state index contributed by atoms with van der Waals surface area (Å²) in [6.07, 6.45) is 1.85. The third-order valence-electron chi connectivity index (χ3n) is 2.09. The lowest BCUT2D eigenvalue weighted by Gasteiger charge is -2.03. The Morgan fingerprint density at radius 3 is 2.53 bits per heavy atom. The highest BCUT2D eigenvalue weighted by Crippen LogP contribution is 2.30. The van der Waals surface area contributed by atoms with E-state index in [2.05, 4.69) is 9.99 Å². The number of hydrogen-bond donors (Lipinski definition) is 0. The second kappa shape index (κ2) is 5.48. The van der Waals surface area contributed by atoms with Gasteiger partial charge in [-0.3, -0.25) is 4.79 Å². The molecule has 0 saturated heterocycles. The van der Waals surface area contributed by atoms with E-state index < -0.39 is 5.97 Å². The van der Waals surface area contributed by atoms with Crippen molar-refractivity contribution in [3.05, 3.63) is 0 Å². The molecule has 0 unspecified atom stereocenters. The lowest BCUT2D eigenvalue weighted by atomic mass is 10.1. The molecule has 0 heterocycles. The number of rotatable bonds is 6. The van der Waals surface area contributed by atoms with Crippen molar-refractivity contribution < 1.29 is 19.2 Å². The van der Waals surface area contributed by atoms with Crippen LogP contribution in [0, 0.1) is 5.92 Å². The predicted octanol–water partition coefficient (Wildman–Crippen LogP) is 0.921. The van der Waals surface area contributed by atoms with Crippen molar-refractivity contribution in [2.24, 2.45) is 11.1 Å². The number of Topliss-reactive ketones (excluding diaryl/α,β-unsaturated/α-hetero) is 1. The smallest absolute Gasteiger partial charge is 0.356 e. The van der Waals surface area contributed by atoms with Crippen molar-refractivity contribution in [1.82, 2.24) is 0 Å². The summed E-state index contributed by atoms with van der Waals surface area (Å²) in [6.45, 7) is 1.96. The zero-order valence-corrected chi connectivity index (χ0v) is 8.99. The van der Waals surface area contributed by atoms with Crippen molar-refractivity contribution in [2.75, 3.05) is 13.7 Å². The van der Waals surface area contributed by atoms with E-state index >= 15 is 0 Å². The lowest BCUT2D eigenvalue weighted by molar-refractivity contribution is -0.136. The zero-order valence-electron chi connectivity index (χ0n) is 8.99. The molecule has 0 atom stereocenters. The second-order valence-electron chi connectivity index (χ2n) is 3.36. The van der Waals surface area contributed by atoms with Crippen LogP contribution in [-0.4, -0.2) is 31.2 Å². The van der Waals surface area contributed by atoms with Gasteiger partial charge in [0.05, 0.1) is 13.0 Å². The van der Waals surface area contributed by atoms with Crippen LogP contribution in [0.4, 0.5) is 0 Å². The van der Waals surface area contributed by atoms with E-state index in [1.165, 1.54) is 7.11 Å². The van der Waals surface area contributed by atoms with Crippen LogP contribution in [-0.2, 0) is 19.2 Å². The van der Waals surface area contributed by atoms with Crippen LogP contribution < -0.4 is 0 Å². The number of esters is 1. The molecule has 0 aromatic rings. The van der Waals surface area contributed by atoms with Crippen LogP contribution in [0.2, 0.25) is 0 Å². The van der Waals surface area contributed by atoms with Gasteiger partial charge in [0.25, 0.3) is 0 Å². The summed E-state index contributed by atoms with van der Waals surface area (Å²) >= 11 is 0. The molecule has 0 spiro atoms. The Balaban J connectivity index is 2.53. The maximum atomic E-state index is 11.5. The first-order valence-electron chi connectivity index (χ1n) is 4.98. The number of carbonyl (C=O) groups excluding carboxylic acids is 2. The quantitative estimate of drug-likeness (QED) is 0.374. The molecule has 1 aliphatic rings. The summed E-state index contributed by atoms with van der Waals surface area (Å²) in [6, 6.07) is 0. The van der Waals surface area contributed by atoms with E-state index in [1.807, 2.05) is 0 Å². The Labute approximate surface area is 88.4 Å². The van der Waals surface area contributed by atoms with Gasteiger partial charge in [0, 0.05) is 5.92 Å². The number of nitrogens with zero attached hydrogens (tertiary/aromatic N) is 1. The summed E-state index contributed by atoms with van der Waals surface area (Å²) in [5.41, 5.74) is 0.0521. The monoisotopic (exact) mass is 213 g/mol. The van der Waals surface area contributed by atoms with Gasteiger partial charge in [-0.05, 0) is 19.8 Å². The fourth-order valence-electron chi connectivity index (χ4n) is 1.18. The van der Waals surface area contributed by atoms with Crippen LogP contribution >= 0.6 is 0 Å². The van der Waals surface area contributed by atoms with Crippen LogP contribution in [0.3, 0.4) is 0 Å². The Bertz CT molecular complexity index is 281. The predicted molar refractivity (Wildman–Crippen MR) is 53.4 cm³/mol. The second-order valence-corrected chi connectivity index (χ2v) is 3.36. The first-order valence-corrected chi connectivity index (χ1v) is 4.98. The molecular weight excluding hydrogens is 198 g/mol. The van der Waals surface area contributed by atoms with Gasteiger partial charge < -0.3 is 9.57 Å². The fraction of sp³-hybridized carbons (Fsp3) is 0.700. The van der Waals surface area contributed by atoms with Gasteiger partial charge in [-0.25, -0.2) is 4.79 Å². The standard InChI is InChI=1S/C10H15NO4/c1-3-15-10(13)8(11-14-2)6-9(12)7-4-5-7/h7H,3-6H2,1-2H3. The number of ether oxygens (including phenoxy) is 1. The van der Waals surface area contributed by atoms with E-state index in [1.54, 1.807) is 6.92 Å². The summed E-state index contributed by atoms with van der Waals surface area (Å²) in [4.78, 5) is 27.3. The van der Waals surface area contributed by atoms with E-state index in [4.69, 9.17) is 4.74 Å². The molecule has 1 fully saturated rings. The molecule has 1 aliphatic carbocycles. The molecule has 0 aliphatic heterocycles. The van der Waals surface area contributed by atoms with Gasteiger partial charge >= 0.3 is 5.97 Å². The van der Waals surface area contributed by atoms with Crippen molar-refractivity contribution in [3.63, 3.8) is 0 Å². The highest BCUT2D eigenvalue weighted by Gasteiger charge is 2.31. The molecule has 5 nitrogen and oxygen atoms in total. The Hall–Kier alpha value is -1.39. The summed E-state index contributed by atoms with van der Waals surface area (Å²) in [7, 11) is 1.33. The Kier molecular flexibility index (Phi) is 4.27. The minimum atomic E-state index is -0.576. The van der Waals surface area contributed by atoms with Crippen LogP contribution in [0.1, 0.15) is 26.2 Å². The molecule has 0 amide bonds. The first-order chi connectivity index (χ1) is 7.19. The van der Waals surface area contributed by atoms with Gasteiger partial charge in [-0.15, -0.1) is 0 Å². The minimum Gasteiger partial charge on any atom is -0.461 e. The van der Waals surface area contributed by atoms with Crippen molar-refractivity contribution in [1.29, 1.82) is 0 Å². The molecule has 0 bridgehead atoms. The maximum absolute atomic E-state index is 11.5. The molecular formula is C10H15NO4. The molecule has 84 valence electrons. The highest BCUT2D eigenvalue weighted by atomic mass is 16.6. The summed E-state index contributed by atoms with van der Waals surface area (Å²) in [5, 5.41) is 3.51. The maximum Gasteiger partial charge on any atom is 0.356 e. The molecule has 1 rings (SSSR count). The zero-order chi connectivity index (χ0) is 11.3.